The van der Waals surface area contributed by atoms with Crippen LogP contribution in [0, 0.1) is 5.82 Å². The third kappa shape index (κ3) is 3.66. The maximum Gasteiger partial charge on any atom is 0.416 e. The Hall–Kier alpha value is -2.57. The first-order valence-corrected chi connectivity index (χ1v) is 8.24. The number of anilines is 2. The van der Waals surface area contributed by atoms with Gasteiger partial charge in [0.15, 0.2) is 5.78 Å². The Morgan fingerprint density at radius 3 is 2.19 bits per heavy atom. The highest BCUT2D eigenvalue weighted by atomic mass is 19.4. The molecular weight excluding hydrogens is 348 g/mol. The van der Waals surface area contributed by atoms with Gasteiger partial charge in [0.25, 0.3) is 0 Å². The molecule has 26 heavy (non-hydrogen) atoms. The summed E-state index contributed by atoms with van der Waals surface area (Å²) in [4.78, 5) is 15.5. The van der Waals surface area contributed by atoms with E-state index < -0.39 is 17.6 Å². The first-order chi connectivity index (χ1) is 12.3. The van der Waals surface area contributed by atoms with Crippen molar-refractivity contribution in [2.45, 2.75) is 13.1 Å². The maximum atomic E-state index is 14.0. The zero-order chi connectivity index (χ0) is 18.9. The highest BCUT2D eigenvalue weighted by Crippen LogP contribution is 2.32. The summed E-state index contributed by atoms with van der Waals surface area (Å²) in [5.74, 6) is -0.909. The Balaban J connectivity index is 1.77. The van der Waals surface area contributed by atoms with Gasteiger partial charge in [-0.25, -0.2) is 4.39 Å². The predicted molar refractivity (Wildman–Crippen MR) is 92.3 cm³/mol. The number of piperazine rings is 1. The van der Waals surface area contributed by atoms with Crippen LogP contribution in [-0.2, 0) is 6.18 Å². The lowest BCUT2D eigenvalue weighted by Gasteiger charge is -2.38. The molecule has 0 amide bonds. The largest absolute Gasteiger partial charge is 0.416 e. The molecule has 0 saturated carbocycles. The standard InChI is InChI=1S/C19H18F4N2O/c1-13(26)18-16(20)6-3-7-17(18)25-10-8-24(9-11-25)15-5-2-4-14(12-15)19(21,22)23/h2-7,12H,8-11H2,1H3. The van der Waals surface area contributed by atoms with Crippen LogP contribution in [0.5, 0.6) is 0 Å². The fraction of sp³-hybridized carbons (Fsp3) is 0.316. The van der Waals surface area contributed by atoms with E-state index in [-0.39, 0.29) is 11.3 Å². The molecule has 1 aliphatic rings. The molecule has 1 fully saturated rings. The maximum absolute atomic E-state index is 14.0. The van der Waals surface area contributed by atoms with Crippen molar-refractivity contribution < 1.29 is 22.4 Å². The summed E-state index contributed by atoms with van der Waals surface area (Å²) in [6.07, 6.45) is -4.38. The summed E-state index contributed by atoms with van der Waals surface area (Å²) >= 11 is 0. The second-order valence-electron chi connectivity index (χ2n) is 6.21. The molecule has 0 radical (unpaired) electrons. The van der Waals surface area contributed by atoms with Crippen molar-refractivity contribution in [3.63, 3.8) is 0 Å². The van der Waals surface area contributed by atoms with Crippen LogP contribution in [0.1, 0.15) is 22.8 Å². The lowest BCUT2D eigenvalue weighted by molar-refractivity contribution is -0.137. The van der Waals surface area contributed by atoms with Crippen LogP contribution in [0.3, 0.4) is 0 Å². The fourth-order valence-electron chi connectivity index (χ4n) is 3.21. The first kappa shape index (κ1) is 18.2. The van der Waals surface area contributed by atoms with Crippen molar-refractivity contribution in [1.82, 2.24) is 0 Å². The molecule has 0 atom stereocenters. The first-order valence-electron chi connectivity index (χ1n) is 8.24. The third-order valence-electron chi connectivity index (χ3n) is 4.50. The summed E-state index contributed by atoms with van der Waals surface area (Å²) in [5, 5.41) is 0. The minimum absolute atomic E-state index is 0.0556. The summed E-state index contributed by atoms with van der Waals surface area (Å²) in [5.41, 5.74) is 0.410. The van der Waals surface area contributed by atoms with E-state index in [0.29, 0.717) is 37.6 Å². The molecule has 1 aliphatic heterocycles. The van der Waals surface area contributed by atoms with Gasteiger partial charge in [0.1, 0.15) is 5.82 Å². The van der Waals surface area contributed by atoms with Gasteiger partial charge in [0.05, 0.1) is 16.8 Å². The van der Waals surface area contributed by atoms with E-state index in [1.54, 1.807) is 18.2 Å². The summed E-state index contributed by atoms with van der Waals surface area (Å²) in [7, 11) is 0. The van der Waals surface area contributed by atoms with Crippen molar-refractivity contribution >= 4 is 17.2 Å². The average molecular weight is 366 g/mol. The number of carbonyl (C=O) groups excluding carboxylic acids is 1. The second kappa shape index (κ2) is 6.97. The van der Waals surface area contributed by atoms with Crippen LogP contribution in [0.15, 0.2) is 42.5 Å². The van der Waals surface area contributed by atoms with Crippen LogP contribution in [0.25, 0.3) is 0 Å². The van der Waals surface area contributed by atoms with Crippen molar-refractivity contribution in [3.8, 4) is 0 Å². The lowest BCUT2D eigenvalue weighted by Crippen LogP contribution is -2.47. The number of benzene rings is 2. The molecule has 2 aromatic rings. The van der Waals surface area contributed by atoms with E-state index in [9.17, 15) is 22.4 Å². The number of hydrogen-bond acceptors (Lipinski definition) is 3. The molecule has 0 spiro atoms. The Kier molecular flexibility index (Phi) is 4.89. The number of hydrogen-bond donors (Lipinski definition) is 0. The van der Waals surface area contributed by atoms with Crippen LogP contribution in [-0.4, -0.2) is 32.0 Å². The van der Waals surface area contributed by atoms with Crippen molar-refractivity contribution in [3.05, 3.63) is 59.4 Å². The Labute approximate surface area is 148 Å². The van der Waals surface area contributed by atoms with Crippen LogP contribution >= 0.6 is 0 Å². The lowest BCUT2D eigenvalue weighted by atomic mass is 10.1. The quantitative estimate of drug-likeness (QED) is 0.595. The molecule has 0 unspecified atom stereocenters. The molecule has 7 heteroatoms. The van der Waals surface area contributed by atoms with Crippen LogP contribution in [0.4, 0.5) is 28.9 Å². The number of Topliss-reactive ketones (excluding diaryl/α,β-unsaturated/α-hetero) is 1. The Morgan fingerprint density at radius 2 is 1.58 bits per heavy atom. The van der Waals surface area contributed by atoms with Crippen molar-refractivity contribution in [2.75, 3.05) is 36.0 Å². The van der Waals surface area contributed by atoms with Gasteiger partial charge < -0.3 is 9.80 Å². The van der Waals surface area contributed by atoms with Gasteiger partial charge >= 0.3 is 6.18 Å². The normalized spacial score (nSPS) is 15.3. The zero-order valence-corrected chi connectivity index (χ0v) is 14.2. The van der Waals surface area contributed by atoms with Crippen LogP contribution < -0.4 is 9.80 Å². The molecule has 0 aliphatic carbocycles. The highest BCUT2D eigenvalue weighted by Gasteiger charge is 2.31. The molecule has 0 N–H and O–H groups in total. The smallest absolute Gasteiger partial charge is 0.368 e. The van der Waals surface area contributed by atoms with E-state index in [2.05, 4.69) is 0 Å². The van der Waals surface area contributed by atoms with Gasteiger partial charge in [0.2, 0.25) is 0 Å². The summed E-state index contributed by atoms with van der Waals surface area (Å²) < 4.78 is 52.6. The minimum atomic E-state index is -4.38. The molecule has 1 saturated heterocycles. The summed E-state index contributed by atoms with van der Waals surface area (Å²) in [6.45, 7) is 3.26. The van der Waals surface area contributed by atoms with Gasteiger partial charge in [-0.2, -0.15) is 13.2 Å². The van der Waals surface area contributed by atoms with E-state index >= 15 is 0 Å². The number of nitrogens with zero attached hydrogens (tertiary/aromatic N) is 2. The monoisotopic (exact) mass is 366 g/mol. The highest BCUT2D eigenvalue weighted by molar-refractivity contribution is 6.00. The van der Waals surface area contributed by atoms with E-state index in [1.807, 2.05) is 9.80 Å². The van der Waals surface area contributed by atoms with Gasteiger partial charge in [-0.3, -0.25) is 4.79 Å². The number of ketones is 1. The van der Waals surface area contributed by atoms with Crippen LogP contribution in [0.2, 0.25) is 0 Å². The van der Waals surface area contributed by atoms with E-state index in [4.69, 9.17) is 0 Å². The third-order valence-corrected chi connectivity index (χ3v) is 4.50. The van der Waals surface area contributed by atoms with Gasteiger partial charge in [0, 0.05) is 31.9 Å². The Bertz CT molecular complexity index is 811. The molecule has 2 aromatic carbocycles. The van der Waals surface area contributed by atoms with E-state index in [1.165, 1.54) is 19.1 Å². The molecule has 1 heterocycles. The van der Waals surface area contributed by atoms with Crippen molar-refractivity contribution in [2.24, 2.45) is 0 Å². The molecule has 0 aromatic heterocycles. The van der Waals surface area contributed by atoms with Crippen molar-refractivity contribution in [1.29, 1.82) is 0 Å². The van der Waals surface area contributed by atoms with Gasteiger partial charge in [-0.1, -0.05) is 12.1 Å². The number of carbonyl (C=O) groups is 1. The SMILES string of the molecule is CC(=O)c1c(F)cccc1N1CCN(c2cccc(C(F)(F)F)c2)CC1. The topological polar surface area (TPSA) is 23.6 Å². The summed E-state index contributed by atoms with van der Waals surface area (Å²) in [6, 6.07) is 9.72. The Morgan fingerprint density at radius 1 is 0.962 bits per heavy atom. The number of alkyl halides is 3. The molecular formula is C19H18F4N2O. The minimum Gasteiger partial charge on any atom is -0.368 e. The second-order valence-corrected chi connectivity index (χ2v) is 6.21. The zero-order valence-electron chi connectivity index (χ0n) is 14.2. The molecule has 138 valence electrons. The molecule has 3 nitrogen and oxygen atoms in total. The van der Waals surface area contributed by atoms with Gasteiger partial charge in [-0.15, -0.1) is 0 Å². The molecule has 3 rings (SSSR count). The predicted octanol–water partition coefficient (Wildman–Crippen LogP) is 4.37. The number of halogens is 4. The van der Waals surface area contributed by atoms with E-state index in [0.717, 1.165) is 12.1 Å². The fourth-order valence-corrected chi connectivity index (χ4v) is 3.21. The molecule has 0 bridgehead atoms. The number of rotatable bonds is 3. The average Bonchev–Trinajstić information content (AvgIpc) is 2.61. The van der Waals surface area contributed by atoms with Gasteiger partial charge in [-0.05, 0) is 37.3 Å².